The lowest BCUT2D eigenvalue weighted by Crippen LogP contribution is -2.49. The highest BCUT2D eigenvalue weighted by molar-refractivity contribution is 7.97. The molecule has 0 aliphatic carbocycles. The van der Waals surface area contributed by atoms with Gasteiger partial charge in [0.25, 0.3) is 11.6 Å². The van der Waals surface area contributed by atoms with Crippen LogP contribution in [0.25, 0.3) is 0 Å². The second kappa shape index (κ2) is 8.39. The Hall–Kier alpha value is -2.61. The summed E-state index contributed by atoms with van der Waals surface area (Å²) in [7, 11) is 0. The van der Waals surface area contributed by atoms with E-state index in [0.29, 0.717) is 31.7 Å². The molecule has 1 aliphatic heterocycles. The van der Waals surface area contributed by atoms with E-state index < -0.39 is 4.92 Å². The number of amides is 1. The number of carbonyl (C=O) groups excluding carboxylic acids is 1. The van der Waals surface area contributed by atoms with Crippen LogP contribution in [0.15, 0.2) is 36.5 Å². The quantitative estimate of drug-likeness (QED) is 0.580. The van der Waals surface area contributed by atoms with Crippen LogP contribution in [0.4, 0.5) is 11.5 Å². The molecule has 0 unspecified atom stereocenters. The maximum Gasteiger partial charge on any atom is 0.287 e. The van der Waals surface area contributed by atoms with Gasteiger partial charge < -0.3 is 9.80 Å². The Kier molecular flexibility index (Phi) is 5.95. The Morgan fingerprint density at radius 1 is 1.22 bits per heavy atom. The van der Waals surface area contributed by atoms with Crippen molar-refractivity contribution in [2.24, 2.45) is 0 Å². The van der Waals surface area contributed by atoms with E-state index in [9.17, 15) is 14.9 Å². The van der Waals surface area contributed by atoms with Crippen LogP contribution >= 0.6 is 11.8 Å². The lowest BCUT2D eigenvalue weighted by atomic mass is 10.1. The number of thioether (sulfide) groups is 1. The zero-order chi connectivity index (χ0) is 19.4. The van der Waals surface area contributed by atoms with Gasteiger partial charge in [0.2, 0.25) is 0 Å². The van der Waals surface area contributed by atoms with E-state index >= 15 is 0 Å². The summed E-state index contributed by atoms with van der Waals surface area (Å²) in [5.74, 6) is 1.72. The minimum atomic E-state index is -0.440. The molecular formula is C19H22N4O3S. The van der Waals surface area contributed by atoms with Gasteiger partial charge in [0.15, 0.2) is 0 Å². The lowest BCUT2D eigenvalue weighted by molar-refractivity contribution is -0.385. The molecule has 8 heteroatoms. The summed E-state index contributed by atoms with van der Waals surface area (Å²) in [5, 5.41) is 10.9. The molecule has 27 heavy (non-hydrogen) atoms. The summed E-state index contributed by atoms with van der Waals surface area (Å²) in [5.41, 5.74) is 2.69. The zero-order valence-corrected chi connectivity index (χ0v) is 16.2. The van der Waals surface area contributed by atoms with Gasteiger partial charge in [0.05, 0.1) is 4.92 Å². The third-order valence-corrected chi connectivity index (χ3v) is 5.25. The van der Waals surface area contributed by atoms with Crippen molar-refractivity contribution >= 4 is 29.2 Å². The Balaban J connectivity index is 1.63. The predicted octanol–water partition coefficient (Wildman–Crippen LogP) is 3.12. The van der Waals surface area contributed by atoms with Crippen molar-refractivity contribution in [1.29, 1.82) is 0 Å². The van der Waals surface area contributed by atoms with Crippen molar-refractivity contribution in [3.63, 3.8) is 0 Å². The fourth-order valence-electron chi connectivity index (χ4n) is 3.20. The Morgan fingerprint density at radius 3 is 2.44 bits per heavy atom. The van der Waals surface area contributed by atoms with E-state index in [-0.39, 0.29) is 11.6 Å². The molecule has 7 nitrogen and oxygen atoms in total. The first kappa shape index (κ1) is 19.2. The molecule has 0 atom stereocenters. The first-order chi connectivity index (χ1) is 13.0. The SMILES string of the molecule is CSCc1ccc(C(=O)N2CCN(c3ncc([N+](=O)[O-])cc3C)CC2)cc1. The van der Waals surface area contributed by atoms with Crippen LogP contribution in [0.1, 0.15) is 21.5 Å². The molecule has 0 saturated carbocycles. The van der Waals surface area contributed by atoms with Gasteiger partial charge in [-0.2, -0.15) is 11.8 Å². The topological polar surface area (TPSA) is 79.6 Å². The average Bonchev–Trinajstić information content (AvgIpc) is 2.68. The van der Waals surface area contributed by atoms with Gasteiger partial charge >= 0.3 is 0 Å². The largest absolute Gasteiger partial charge is 0.353 e. The van der Waals surface area contributed by atoms with E-state index in [4.69, 9.17) is 0 Å². The van der Waals surface area contributed by atoms with Gasteiger partial charge in [-0.3, -0.25) is 14.9 Å². The van der Waals surface area contributed by atoms with Crippen LogP contribution in [0, 0.1) is 17.0 Å². The summed E-state index contributed by atoms with van der Waals surface area (Å²) in [6.07, 6.45) is 3.34. The summed E-state index contributed by atoms with van der Waals surface area (Å²) >= 11 is 1.75. The average molecular weight is 386 g/mol. The number of pyridine rings is 1. The second-order valence-corrected chi connectivity index (χ2v) is 7.37. The molecule has 0 spiro atoms. The molecule has 1 amide bonds. The third kappa shape index (κ3) is 4.39. The van der Waals surface area contributed by atoms with Gasteiger partial charge in [0, 0.05) is 43.6 Å². The number of hydrogen-bond acceptors (Lipinski definition) is 6. The first-order valence-electron chi connectivity index (χ1n) is 8.72. The summed E-state index contributed by atoms with van der Waals surface area (Å²) in [6, 6.07) is 9.33. The van der Waals surface area contributed by atoms with E-state index in [1.54, 1.807) is 11.8 Å². The van der Waals surface area contributed by atoms with Crippen molar-refractivity contribution in [2.45, 2.75) is 12.7 Å². The van der Waals surface area contributed by atoms with Gasteiger partial charge in [-0.05, 0) is 36.4 Å². The van der Waals surface area contributed by atoms with E-state index in [1.165, 1.54) is 17.8 Å². The number of aryl methyl sites for hydroxylation is 1. The van der Waals surface area contributed by atoms with Gasteiger partial charge in [-0.15, -0.1) is 0 Å². The number of carbonyl (C=O) groups is 1. The number of rotatable bonds is 5. The normalized spacial score (nSPS) is 14.3. The Bertz CT molecular complexity index is 833. The Morgan fingerprint density at radius 2 is 1.89 bits per heavy atom. The third-order valence-electron chi connectivity index (χ3n) is 4.63. The van der Waals surface area contributed by atoms with E-state index in [1.807, 2.05) is 36.1 Å². The number of benzene rings is 1. The maximum absolute atomic E-state index is 12.7. The van der Waals surface area contributed by atoms with Crippen LogP contribution in [0.5, 0.6) is 0 Å². The van der Waals surface area contributed by atoms with Gasteiger partial charge in [-0.25, -0.2) is 4.98 Å². The number of hydrogen-bond donors (Lipinski definition) is 0. The van der Waals surface area contributed by atoms with E-state index in [0.717, 1.165) is 17.1 Å². The van der Waals surface area contributed by atoms with Crippen LogP contribution in [0.3, 0.4) is 0 Å². The van der Waals surface area contributed by atoms with Crippen LogP contribution in [0.2, 0.25) is 0 Å². The molecule has 1 saturated heterocycles. The molecule has 3 rings (SSSR count). The maximum atomic E-state index is 12.7. The van der Waals surface area contributed by atoms with Crippen LogP contribution in [-0.2, 0) is 5.75 Å². The summed E-state index contributed by atoms with van der Waals surface area (Å²) in [4.78, 5) is 31.3. The van der Waals surface area contributed by atoms with Crippen LogP contribution < -0.4 is 4.90 Å². The van der Waals surface area contributed by atoms with Crippen molar-refractivity contribution in [3.05, 3.63) is 63.3 Å². The molecule has 0 bridgehead atoms. The zero-order valence-electron chi connectivity index (χ0n) is 15.4. The van der Waals surface area contributed by atoms with E-state index in [2.05, 4.69) is 16.1 Å². The number of nitro groups is 1. The molecule has 142 valence electrons. The number of anilines is 1. The standard InChI is InChI=1S/C19H22N4O3S/c1-14-11-17(23(25)26)12-20-18(14)21-7-9-22(10-8-21)19(24)16-5-3-15(4-6-16)13-27-2/h3-6,11-12H,7-10,13H2,1-2H3. The molecule has 0 radical (unpaired) electrons. The molecule has 2 heterocycles. The Labute approximate surface area is 162 Å². The number of aromatic nitrogens is 1. The molecular weight excluding hydrogens is 364 g/mol. The second-order valence-electron chi connectivity index (χ2n) is 6.50. The minimum Gasteiger partial charge on any atom is -0.353 e. The van der Waals surface area contributed by atoms with Gasteiger partial charge in [0.1, 0.15) is 12.0 Å². The molecule has 1 aliphatic rings. The smallest absolute Gasteiger partial charge is 0.287 e. The number of piperazine rings is 1. The van der Waals surface area contributed by atoms with Gasteiger partial charge in [-0.1, -0.05) is 12.1 Å². The van der Waals surface area contributed by atoms with Crippen molar-refractivity contribution < 1.29 is 9.72 Å². The molecule has 1 aromatic heterocycles. The molecule has 2 aromatic rings. The highest BCUT2D eigenvalue weighted by Crippen LogP contribution is 2.23. The molecule has 0 N–H and O–H groups in total. The van der Waals surface area contributed by atoms with Crippen molar-refractivity contribution in [1.82, 2.24) is 9.88 Å². The molecule has 1 aromatic carbocycles. The highest BCUT2D eigenvalue weighted by Gasteiger charge is 2.24. The summed E-state index contributed by atoms with van der Waals surface area (Å²) < 4.78 is 0. The fraction of sp³-hybridized carbons (Fsp3) is 0.368. The predicted molar refractivity (Wildman–Crippen MR) is 107 cm³/mol. The monoisotopic (exact) mass is 386 g/mol. The molecule has 1 fully saturated rings. The fourth-order valence-corrected chi connectivity index (χ4v) is 3.72. The number of nitrogens with zero attached hydrogens (tertiary/aromatic N) is 4. The lowest BCUT2D eigenvalue weighted by Gasteiger charge is -2.36. The minimum absolute atomic E-state index is 0.00464. The first-order valence-corrected chi connectivity index (χ1v) is 10.1. The van der Waals surface area contributed by atoms with Crippen molar-refractivity contribution in [2.75, 3.05) is 37.3 Å². The van der Waals surface area contributed by atoms with Crippen LogP contribution in [-0.4, -0.2) is 53.1 Å². The highest BCUT2D eigenvalue weighted by atomic mass is 32.2. The van der Waals surface area contributed by atoms with Crippen molar-refractivity contribution in [3.8, 4) is 0 Å². The summed E-state index contributed by atoms with van der Waals surface area (Å²) in [6.45, 7) is 4.33.